The molecule has 0 amide bonds. The molecule has 0 bridgehead atoms. The maximum absolute atomic E-state index is 12.7. The van der Waals surface area contributed by atoms with E-state index in [1.165, 1.54) is 31.8 Å². The number of carbonyl (C=O) groups excluding carboxylic acids is 1. The Kier molecular flexibility index (Phi) is 11.5. The van der Waals surface area contributed by atoms with Crippen LogP contribution in [0.3, 0.4) is 0 Å². The van der Waals surface area contributed by atoms with Crippen molar-refractivity contribution in [2.75, 3.05) is 0 Å². The van der Waals surface area contributed by atoms with Crippen molar-refractivity contribution in [3.8, 4) is 11.3 Å². The second-order valence-corrected chi connectivity index (χ2v) is 13.4. The molecule has 0 saturated heterocycles. The minimum Gasteiger partial charge on any atom is -0.512 e. The first-order valence-corrected chi connectivity index (χ1v) is 16.8. The van der Waals surface area contributed by atoms with Gasteiger partial charge in [0.25, 0.3) is 0 Å². The zero-order valence-electron chi connectivity index (χ0n) is 27.3. The van der Waals surface area contributed by atoms with Crippen LogP contribution in [-0.2, 0) is 31.3 Å². The summed E-state index contributed by atoms with van der Waals surface area (Å²) in [6.45, 7) is 4.24. The Morgan fingerprint density at radius 3 is 2.33 bits per heavy atom. The van der Waals surface area contributed by atoms with Gasteiger partial charge in [-0.25, -0.2) is 0 Å². The van der Waals surface area contributed by atoms with E-state index in [4.69, 9.17) is 4.42 Å². The van der Waals surface area contributed by atoms with E-state index in [0.29, 0.717) is 11.3 Å². The van der Waals surface area contributed by atoms with Crippen LogP contribution in [0.2, 0.25) is 0 Å². The number of aromatic nitrogens is 1. The molecule has 3 aromatic carbocycles. The van der Waals surface area contributed by atoms with Crippen molar-refractivity contribution in [1.82, 2.24) is 4.98 Å². The number of fused-ring (bicyclic) bond motifs is 4. The summed E-state index contributed by atoms with van der Waals surface area (Å²) >= 11 is 0. The van der Waals surface area contributed by atoms with Gasteiger partial charge in [-0.2, -0.15) is 13.2 Å². The average Bonchev–Trinajstić information content (AvgIpc) is 3.85. The van der Waals surface area contributed by atoms with Crippen LogP contribution in [0.25, 0.3) is 44.0 Å². The first kappa shape index (κ1) is 35.8. The van der Waals surface area contributed by atoms with E-state index in [0.717, 1.165) is 75.2 Å². The van der Waals surface area contributed by atoms with Crippen LogP contribution in [0.15, 0.2) is 77.0 Å². The third-order valence-electron chi connectivity index (χ3n) is 9.64. The monoisotopic (exact) mass is 833 g/mol. The molecule has 0 unspecified atom stereocenters. The van der Waals surface area contributed by atoms with Crippen LogP contribution in [0.1, 0.15) is 88.7 Å². The zero-order valence-corrected chi connectivity index (χ0v) is 29.7. The number of furan rings is 1. The van der Waals surface area contributed by atoms with Crippen molar-refractivity contribution < 1.29 is 47.6 Å². The molecule has 2 aliphatic rings. The second-order valence-electron chi connectivity index (χ2n) is 13.4. The molecule has 2 aliphatic carbocycles. The molecule has 2 fully saturated rings. The van der Waals surface area contributed by atoms with Crippen molar-refractivity contribution in [2.24, 2.45) is 11.8 Å². The largest absolute Gasteiger partial charge is 0.512 e. The Morgan fingerprint density at radius 2 is 1.65 bits per heavy atom. The normalized spacial score (nSPS) is 16.1. The van der Waals surface area contributed by atoms with Crippen LogP contribution in [0.5, 0.6) is 0 Å². The smallest absolute Gasteiger partial charge is 0.389 e. The third kappa shape index (κ3) is 8.20. The predicted octanol–water partition coefficient (Wildman–Crippen LogP) is 11.6. The van der Waals surface area contributed by atoms with Crippen LogP contribution < -0.4 is 0 Å². The number of benzene rings is 3. The van der Waals surface area contributed by atoms with Gasteiger partial charge in [-0.1, -0.05) is 86.9 Å². The number of carbonyl (C=O) groups is 1. The van der Waals surface area contributed by atoms with Crippen molar-refractivity contribution in [2.45, 2.75) is 90.1 Å². The number of rotatable bonds is 7. The van der Waals surface area contributed by atoms with Crippen molar-refractivity contribution in [1.29, 1.82) is 0 Å². The number of aryl methyl sites for hydroxylation is 1. The van der Waals surface area contributed by atoms with Crippen molar-refractivity contribution in [3.05, 3.63) is 89.8 Å². The number of halogens is 3. The molecule has 5 aromatic rings. The molecule has 255 valence electrons. The summed E-state index contributed by atoms with van der Waals surface area (Å²) in [6, 6.07) is 20.8. The average molecular weight is 833 g/mol. The second kappa shape index (κ2) is 15.4. The molecule has 0 atom stereocenters. The molecule has 2 aromatic heterocycles. The summed E-state index contributed by atoms with van der Waals surface area (Å²) in [6.07, 6.45) is 7.06. The zero-order chi connectivity index (χ0) is 33.1. The van der Waals surface area contributed by atoms with E-state index < -0.39 is 12.6 Å². The maximum Gasteiger partial charge on any atom is 0.389 e. The fourth-order valence-electron chi connectivity index (χ4n) is 6.95. The summed E-state index contributed by atoms with van der Waals surface area (Å²) < 4.78 is 44.2. The fraction of sp³-hybridized carbons (Fsp3) is 0.400. The molecule has 1 radical (unpaired) electrons. The first-order valence-electron chi connectivity index (χ1n) is 16.8. The quantitative estimate of drug-likeness (QED) is 0.101. The SMILES string of the molecule is CC(C)c1[c-]c(-c2nccc3cc(CCC(F)(F)F)ccc23)c2oc3ccccc3c2c1.O=C(/C=C(\O)C1CCCC1)C1CCCC1.[Ir]. The molecule has 7 rings (SSSR count). The Balaban J connectivity index is 0.000000237. The Labute approximate surface area is 293 Å². The molecule has 2 saturated carbocycles. The number of hydrogen-bond acceptors (Lipinski definition) is 4. The first-order chi connectivity index (χ1) is 22.6. The molecule has 2 heterocycles. The van der Waals surface area contributed by atoms with Gasteiger partial charge >= 0.3 is 6.18 Å². The number of pyridine rings is 1. The molecule has 48 heavy (non-hydrogen) atoms. The molecule has 4 nitrogen and oxygen atoms in total. The van der Waals surface area contributed by atoms with E-state index in [-0.39, 0.29) is 50.1 Å². The van der Waals surface area contributed by atoms with Gasteiger partial charge < -0.3 is 14.5 Å². The van der Waals surface area contributed by atoms with Crippen molar-refractivity contribution in [3.63, 3.8) is 0 Å². The number of aliphatic hydroxyl groups is 1. The fourth-order valence-corrected chi connectivity index (χ4v) is 6.95. The van der Waals surface area contributed by atoms with Gasteiger partial charge in [0.2, 0.25) is 0 Å². The van der Waals surface area contributed by atoms with E-state index in [9.17, 15) is 23.1 Å². The Hall–Kier alpha value is -3.48. The van der Waals surface area contributed by atoms with Crippen LogP contribution in [0.4, 0.5) is 13.2 Å². The minimum absolute atomic E-state index is 0. The number of aliphatic hydroxyl groups excluding tert-OH is 1. The van der Waals surface area contributed by atoms with E-state index in [2.05, 4.69) is 31.0 Å². The van der Waals surface area contributed by atoms with Gasteiger partial charge in [0.1, 0.15) is 5.58 Å². The maximum atomic E-state index is 12.7. The van der Waals surface area contributed by atoms with Gasteiger partial charge in [-0.3, -0.25) is 4.79 Å². The standard InChI is InChI=1S/C27H21F3NO.C13H20O2.Ir/c1-16(2)19-14-22-21-5-3-4-6-24(21)32-26(22)23(15-19)25-20-8-7-17(9-11-27(28,29)30)13-18(20)10-12-31-25;14-12(10-5-1-2-6-10)9-13(15)11-7-3-4-8-11;/h3-8,10,12-14,16H,9,11H2,1-2H3;9-11,14H,1-8H2;/q-1;;/b;12-9-;. The number of allylic oxidation sites excluding steroid dienone is 2. The Morgan fingerprint density at radius 1 is 0.958 bits per heavy atom. The predicted molar refractivity (Wildman–Crippen MR) is 181 cm³/mol. The summed E-state index contributed by atoms with van der Waals surface area (Å²) in [5.41, 5.74) is 4.72. The van der Waals surface area contributed by atoms with E-state index in [1.807, 2.05) is 42.5 Å². The van der Waals surface area contributed by atoms with Gasteiger partial charge in [-0.05, 0) is 72.2 Å². The van der Waals surface area contributed by atoms with Crippen LogP contribution >= 0.6 is 0 Å². The molecule has 0 aliphatic heterocycles. The summed E-state index contributed by atoms with van der Waals surface area (Å²) in [5, 5.41) is 13.6. The van der Waals surface area contributed by atoms with Gasteiger partial charge in [0, 0.05) is 56.0 Å². The minimum atomic E-state index is -4.17. The van der Waals surface area contributed by atoms with Crippen LogP contribution in [0, 0.1) is 17.9 Å². The Bertz CT molecular complexity index is 1910. The molecular weight excluding hydrogens is 792 g/mol. The molecular formula is C40H41F3IrNO3-. The molecule has 8 heteroatoms. The number of para-hydroxylation sites is 1. The van der Waals surface area contributed by atoms with Crippen molar-refractivity contribution >= 4 is 38.5 Å². The van der Waals surface area contributed by atoms with Gasteiger partial charge in [0.15, 0.2) is 5.78 Å². The topological polar surface area (TPSA) is 63.3 Å². The molecule has 0 spiro atoms. The van der Waals surface area contributed by atoms with E-state index >= 15 is 0 Å². The van der Waals surface area contributed by atoms with Crippen LogP contribution in [-0.4, -0.2) is 22.1 Å². The summed E-state index contributed by atoms with van der Waals surface area (Å²) in [5.74, 6) is 1.25. The summed E-state index contributed by atoms with van der Waals surface area (Å²) in [4.78, 5) is 16.4. The number of alkyl halides is 3. The number of nitrogens with zero attached hydrogens (tertiary/aromatic N) is 1. The molecule has 1 N–H and O–H groups in total. The van der Waals surface area contributed by atoms with Gasteiger partial charge in [0.05, 0.1) is 11.3 Å². The number of ketones is 1. The van der Waals surface area contributed by atoms with E-state index in [1.54, 1.807) is 12.3 Å². The number of hydrogen-bond donors (Lipinski definition) is 1. The summed E-state index contributed by atoms with van der Waals surface area (Å²) in [7, 11) is 0. The third-order valence-corrected chi connectivity index (χ3v) is 9.64. The van der Waals surface area contributed by atoms with Gasteiger partial charge in [-0.15, -0.1) is 17.7 Å².